The molecule has 20 heavy (non-hydrogen) atoms. The fourth-order valence-corrected chi connectivity index (χ4v) is 4.60. The first-order chi connectivity index (χ1) is 9.34. The van der Waals surface area contributed by atoms with E-state index in [1.165, 1.54) is 0 Å². The van der Waals surface area contributed by atoms with Crippen LogP contribution in [-0.4, -0.2) is 38.5 Å². The molecule has 0 spiro atoms. The molecule has 1 saturated heterocycles. The highest BCUT2D eigenvalue weighted by atomic mass is 32.2. The van der Waals surface area contributed by atoms with E-state index in [1.54, 1.807) is 20.1 Å². The second-order valence-corrected chi connectivity index (χ2v) is 7.62. The first-order valence-electron chi connectivity index (χ1n) is 6.47. The molecule has 0 aromatic heterocycles. The van der Waals surface area contributed by atoms with Gasteiger partial charge in [0.2, 0.25) is 5.91 Å². The summed E-state index contributed by atoms with van der Waals surface area (Å²) < 4.78 is 28.2. The summed E-state index contributed by atoms with van der Waals surface area (Å²) in [5.41, 5.74) is 0.134. The molecular formula is C14H19NO4S. The van der Waals surface area contributed by atoms with Crippen molar-refractivity contribution in [2.45, 2.75) is 25.3 Å². The van der Waals surface area contributed by atoms with Gasteiger partial charge >= 0.3 is 0 Å². The fourth-order valence-electron chi connectivity index (χ4n) is 2.51. The second kappa shape index (κ2) is 5.44. The van der Waals surface area contributed by atoms with E-state index in [4.69, 9.17) is 4.74 Å². The van der Waals surface area contributed by atoms with E-state index in [-0.39, 0.29) is 23.8 Å². The average molecular weight is 297 g/mol. The largest absolute Gasteiger partial charge is 0.496 e. The van der Waals surface area contributed by atoms with Crippen LogP contribution in [0.3, 0.4) is 0 Å². The van der Waals surface area contributed by atoms with Gasteiger partial charge in [0.05, 0.1) is 30.6 Å². The summed E-state index contributed by atoms with van der Waals surface area (Å²) in [5, 5.41) is 2.84. The van der Waals surface area contributed by atoms with Gasteiger partial charge in [0, 0.05) is 5.56 Å². The van der Waals surface area contributed by atoms with E-state index in [0.717, 1.165) is 5.56 Å². The van der Waals surface area contributed by atoms with Gasteiger partial charge in [-0.05, 0) is 19.4 Å². The summed E-state index contributed by atoms with van der Waals surface area (Å²) in [7, 11) is -1.47. The molecule has 5 nitrogen and oxygen atoms in total. The number of nitrogens with one attached hydrogen (secondary N) is 1. The van der Waals surface area contributed by atoms with Crippen LogP contribution >= 0.6 is 0 Å². The lowest BCUT2D eigenvalue weighted by molar-refractivity contribution is -0.121. The Hall–Kier alpha value is -1.56. The maximum Gasteiger partial charge on any atom is 0.225 e. The predicted molar refractivity (Wildman–Crippen MR) is 76.5 cm³/mol. The number of hydrogen-bond acceptors (Lipinski definition) is 4. The molecule has 2 rings (SSSR count). The number of amides is 1. The minimum atomic E-state index is -3.02. The van der Waals surface area contributed by atoms with Gasteiger partial charge in [-0.1, -0.05) is 18.2 Å². The fraction of sp³-hybridized carbons (Fsp3) is 0.500. The molecule has 1 amide bonds. The lowest BCUT2D eigenvalue weighted by atomic mass is 10.0. The SMILES string of the molecule is COc1ccccc1CC(=O)N[C@@]1(C)CCS(=O)(=O)C1. The van der Waals surface area contributed by atoms with Gasteiger partial charge in [-0.3, -0.25) is 4.79 Å². The van der Waals surface area contributed by atoms with Gasteiger partial charge in [-0.15, -0.1) is 0 Å². The number of ether oxygens (including phenoxy) is 1. The molecule has 1 aromatic carbocycles. The number of hydrogen-bond donors (Lipinski definition) is 1. The third-order valence-corrected chi connectivity index (χ3v) is 5.39. The van der Waals surface area contributed by atoms with E-state index in [9.17, 15) is 13.2 Å². The smallest absolute Gasteiger partial charge is 0.225 e. The Labute approximate surface area is 119 Å². The Morgan fingerprint density at radius 1 is 1.40 bits per heavy atom. The first kappa shape index (κ1) is 14.8. The third kappa shape index (κ3) is 3.50. The van der Waals surface area contributed by atoms with Gasteiger partial charge in [0.1, 0.15) is 5.75 Å². The summed E-state index contributed by atoms with van der Waals surface area (Å²) in [6, 6.07) is 7.30. The van der Waals surface area contributed by atoms with Crippen LogP contribution in [0.5, 0.6) is 5.75 Å². The van der Waals surface area contributed by atoms with Gasteiger partial charge < -0.3 is 10.1 Å². The predicted octanol–water partition coefficient (Wildman–Crippen LogP) is 0.931. The zero-order valence-electron chi connectivity index (χ0n) is 11.7. The zero-order chi connectivity index (χ0) is 14.8. The summed E-state index contributed by atoms with van der Waals surface area (Å²) in [5.74, 6) is 0.622. The Balaban J connectivity index is 2.03. The summed E-state index contributed by atoms with van der Waals surface area (Å²) >= 11 is 0. The molecule has 1 fully saturated rings. The number of methoxy groups -OCH3 is 1. The third-order valence-electron chi connectivity index (χ3n) is 3.49. The molecule has 0 radical (unpaired) electrons. The van der Waals surface area contributed by atoms with Crippen LogP contribution in [-0.2, 0) is 21.1 Å². The standard InChI is InChI=1S/C14H19NO4S/c1-14(7-8-20(17,18)10-14)15-13(16)9-11-5-3-4-6-12(11)19-2/h3-6H,7-10H2,1-2H3,(H,15,16)/t14-/m0/s1. The number of para-hydroxylation sites is 1. The maximum atomic E-state index is 12.1. The quantitative estimate of drug-likeness (QED) is 0.897. The van der Waals surface area contributed by atoms with Crippen molar-refractivity contribution in [2.24, 2.45) is 0 Å². The molecule has 1 aromatic rings. The molecule has 0 bridgehead atoms. The first-order valence-corrected chi connectivity index (χ1v) is 8.29. The van der Waals surface area contributed by atoms with E-state index in [0.29, 0.717) is 12.2 Å². The van der Waals surface area contributed by atoms with Crippen molar-refractivity contribution < 1.29 is 17.9 Å². The van der Waals surface area contributed by atoms with Gasteiger partial charge in [-0.25, -0.2) is 8.42 Å². The highest BCUT2D eigenvalue weighted by molar-refractivity contribution is 7.91. The summed E-state index contributed by atoms with van der Waals surface area (Å²) in [6.07, 6.45) is 0.645. The van der Waals surface area contributed by atoms with Crippen LogP contribution < -0.4 is 10.1 Å². The molecule has 0 saturated carbocycles. The van der Waals surface area contributed by atoms with E-state index in [2.05, 4.69) is 5.32 Å². The number of benzene rings is 1. The van der Waals surface area contributed by atoms with Crippen molar-refractivity contribution in [3.8, 4) is 5.75 Å². The van der Waals surface area contributed by atoms with Crippen LogP contribution in [0.2, 0.25) is 0 Å². The molecule has 110 valence electrons. The highest BCUT2D eigenvalue weighted by Gasteiger charge is 2.39. The summed E-state index contributed by atoms with van der Waals surface area (Å²) in [4.78, 5) is 12.1. The number of sulfone groups is 1. The van der Waals surface area contributed by atoms with E-state index in [1.807, 2.05) is 18.2 Å². The second-order valence-electron chi connectivity index (χ2n) is 5.44. The lowest BCUT2D eigenvalue weighted by Gasteiger charge is -2.24. The molecule has 0 unspecified atom stereocenters. The van der Waals surface area contributed by atoms with Gasteiger partial charge in [-0.2, -0.15) is 0 Å². The van der Waals surface area contributed by atoms with Crippen LogP contribution in [0.15, 0.2) is 24.3 Å². The van der Waals surface area contributed by atoms with Gasteiger partial charge in [0.25, 0.3) is 0 Å². The van der Waals surface area contributed by atoms with Crippen molar-refractivity contribution >= 4 is 15.7 Å². The summed E-state index contributed by atoms with van der Waals surface area (Å²) in [6.45, 7) is 1.78. The number of carbonyl (C=O) groups is 1. The Kier molecular flexibility index (Phi) is 4.04. The highest BCUT2D eigenvalue weighted by Crippen LogP contribution is 2.23. The minimum Gasteiger partial charge on any atom is -0.496 e. The van der Waals surface area contributed by atoms with Crippen molar-refractivity contribution in [3.63, 3.8) is 0 Å². The van der Waals surface area contributed by atoms with E-state index >= 15 is 0 Å². The molecule has 1 atom stereocenters. The molecular weight excluding hydrogens is 278 g/mol. The lowest BCUT2D eigenvalue weighted by Crippen LogP contribution is -2.47. The van der Waals surface area contributed by atoms with Crippen molar-refractivity contribution in [1.29, 1.82) is 0 Å². The van der Waals surface area contributed by atoms with Crippen LogP contribution in [0, 0.1) is 0 Å². The maximum absolute atomic E-state index is 12.1. The van der Waals surface area contributed by atoms with Crippen molar-refractivity contribution in [1.82, 2.24) is 5.32 Å². The topological polar surface area (TPSA) is 72.5 Å². The molecule has 1 aliphatic heterocycles. The van der Waals surface area contributed by atoms with Gasteiger partial charge in [0.15, 0.2) is 9.84 Å². The van der Waals surface area contributed by atoms with Crippen molar-refractivity contribution in [2.75, 3.05) is 18.6 Å². The average Bonchev–Trinajstić information content (AvgIpc) is 2.63. The van der Waals surface area contributed by atoms with E-state index < -0.39 is 15.4 Å². The van der Waals surface area contributed by atoms with Crippen LogP contribution in [0.25, 0.3) is 0 Å². The molecule has 1 N–H and O–H groups in total. The molecule has 6 heteroatoms. The Morgan fingerprint density at radius 3 is 2.70 bits per heavy atom. The van der Waals surface area contributed by atoms with Crippen LogP contribution in [0.4, 0.5) is 0 Å². The molecule has 0 aliphatic carbocycles. The number of rotatable bonds is 4. The normalized spacial score (nSPS) is 24.3. The Bertz CT molecular complexity index is 611. The minimum absolute atomic E-state index is 0.0116. The number of carbonyl (C=O) groups excluding carboxylic acids is 1. The van der Waals surface area contributed by atoms with Crippen molar-refractivity contribution in [3.05, 3.63) is 29.8 Å². The van der Waals surface area contributed by atoms with Crippen LogP contribution in [0.1, 0.15) is 18.9 Å². The molecule has 1 heterocycles. The zero-order valence-corrected chi connectivity index (χ0v) is 12.5. The molecule has 1 aliphatic rings. The Morgan fingerprint density at radius 2 is 2.10 bits per heavy atom. The monoisotopic (exact) mass is 297 g/mol.